The number of hydrogen-bond donors (Lipinski definition) is 1. The standard InChI is InChI=1S/C11H14F3N3O/c1-3-17(6-11(12,13)14)10(18)8-4-7(2)16-9(15)5-8/h4-5H,3,6H2,1-2H3,(H2,15,16). The van der Waals surface area contributed by atoms with E-state index in [1.807, 2.05) is 0 Å². The molecular formula is C11H14F3N3O. The highest BCUT2D eigenvalue weighted by Crippen LogP contribution is 2.18. The van der Waals surface area contributed by atoms with Gasteiger partial charge in [0.1, 0.15) is 12.4 Å². The summed E-state index contributed by atoms with van der Waals surface area (Å²) in [5, 5.41) is 0. The highest BCUT2D eigenvalue weighted by molar-refractivity contribution is 5.95. The van der Waals surface area contributed by atoms with Gasteiger partial charge in [-0.15, -0.1) is 0 Å². The highest BCUT2D eigenvalue weighted by Gasteiger charge is 2.32. The van der Waals surface area contributed by atoms with Crippen LogP contribution in [0.25, 0.3) is 0 Å². The first kappa shape index (κ1) is 14.3. The molecule has 0 bridgehead atoms. The van der Waals surface area contributed by atoms with Crippen molar-refractivity contribution in [2.45, 2.75) is 20.0 Å². The van der Waals surface area contributed by atoms with Crippen molar-refractivity contribution >= 4 is 11.7 Å². The minimum Gasteiger partial charge on any atom is -0.384 e. The highest BCUT2D eigenvalue weighted by atomic mass is 19.4. The second kappa shape index (κ2) is 5.24. The van der Waals surface area contributed by atoms with Crippen molar-refractivity contribution in [1.82, 2.24) is 9.88 Å². The molecule has 7 heteroatoms. The van der Waals surface area contributed by atoms with Gasteiger partial charge in [0.25, 0.3) is 5.91 Å². The van der Waals surface area contributed by atoms with E-state index in [0.717, 1.165) is 0 Å². The minimum absolute atomic E-state index is 0.0282. The van der Waals surface area contributed by atoms with Crippen LogP contribution in [0.3, 0.4) is 0 Å². The molecule has 18 heavy (non-hydrogen) atoms. The van der Waals surface area contributed by atoms with E-state index in [4.69, 9.17) is 5.73 Å². The number of anilines is 1. The fourth-order valence-corrected chi connectivity index (χ4v) is 1.54. The maximum absolute atomic E-state index is 12.3. The summed E-state index contributed by atoms with van der Waals surface area (Å²) in [6.45, 7) is 1.80. The zero-order chi connectivity index (χ0) is 13.9. The fraction of sp³-hybridized carbons (Fsp3) is 0.455. The summed E-state index contributed by atoms with van der Waals surface area (Å²) in [5.41, 5.74) is 6.07. The lowest BCUT2D eigenvalue weighted by Crippen LogP contribution is -2.38. The van der Waals surface area contributed by atoms with Gasteiger partial charge in [0.15, 0.2) is 0 Å². The van der Waals surface area contributed by atoms with Gasteiger partial charge in [-0.05, 0) is 26.0 Å². The summed E-state index contributed by atoms with van der Waals surface area (Å²) in [4.78, 5) is 16.5. The number of amides is 1. The molecule has 2 N–H and O–H groups in total. The molecule has 0 aromatic carbocycles. The van der Waals surface area contributed by atoms with Gasteiger partial charge in [0.05, 0.1) is 0 Å². The van der Waals surface area contributed by atoms with E-state index in [2.05, 4.69) is 4.98 Å². The third kappa shape index (κ3) is 3.90. The molecule has 1 heterocycles. The first-order valence-corrected chi connectivity index (χ1v) is 5.33. The van der Waals surface area contributed by atoms with Crippen LogP contribution in [-0.4, -0.2) is 35.1 Å². The Hall–Kier alpha value is -1.79. The Bertz CT molecular complexity index is 425. The van der Waals surface area contributed by atoms with Crippen LogP contribution in [0, 0.1) is 6.92 Å². The number of nitrogen functional groups attached to an aromatic ring is 1. The van der Waals surface area contributed by atoms with Gasteiger partial charge < -0.3 is 10.6 Å². The van der Waals surface area contributed by atoms with Crippen LogP contribution in [0.15, 0.2) is 12.1 Å². The van der Waals surface area contributed by atoms with Gasteiger partial charge in [-0.1, -0.05) is 0 Å². The van der Waals surface area contributed by atoms with Crippen LogP contribution in [0.4, 0.5) is 19.0 Å². The van der Waals surface area contributed by atoms with Gasteiger partial charge in [-0.2, -0.15) is 13.2 Å². The average Bonchev–Trinajstić information content (AvgIpc) is 2.22. The van der Waals surface area contributed by atoms with Crippen LogP contribution in [-0.2, 0) is 0 Å². The van der Waals surface area contributed by atoms with E-state index in [1.165, 1.54) is 19.1 Å². The van der Waals surface area contributed by atoms with Crippen LogP contribution < -0.4 is 5.73 Å². The fourth-order valence-electron chi connectivity index (χ4n) is 1.54. The molecule has 100 valence electrons. The average molecular weight is 261 g/mol. The molecule has 0 aliphatic carbocycles. The number of carbonyl (C=O) groups is 1. The third-order valence-electron chi connectivity index (χ3n) is 2.26. The number of halogens is 3. The van der Waals surface area contributed by atoms with E-state index in [0.29, 0.717) is 10.6 Å². The second-order valence-electron chi connectivity index (χ2n) is 3.86. The topological polar surface area (TPSA) is 59.2 Å². The molecule has 1 aromatic rings. The summed E-state index contributed by atoms with van der Waals surface area (Å²) < 4.78 is 36.9. The van der Waals surface area contributed by atoms with Gasteiger partial charge in [0.2, 0.25) is 0 Å². The lowest BCUT2D eigenvalue weighted by Gasteiger charge is -2.22. The molecule has 1 aromatic heterocycles. The smallest absolute Gasteiger partial charge is 0.384 e. The Kier molecular flexibility index (Phi) is 4.15. The van der Waals surface area contributed by atoms with E-state index >= 15 is 0 Å². The molecule has 1 rings (SSSR count). The van der Waals surface area contributed by atoms with Gasteiger partial charge >= 0.3 is 6.18 Å². The number of rotatable bonds is 3. The monoisotopic (exact) mass is 261 g/mol. The summed E-state index contributed by atoms with van der Waals surface area (Å²) in [6.07, 6.45) is -4.42. The number of aryl methyl sites for hydroxylation is 1. The normalized spacial score (nSPS) is 11.4. The lowest BCUT2D eigenvalue weighted by atomic mass is 10.2. The molecule has 0 radical (unpaired) electrons. The van der Waals surface area contributed by atoms with Crippen LogP contribution in [0.1, 0.15) is 23.0 Å². The molecule has 0 aliphatic rings. The number of alkyl halides is 3. The second-order valence-corrected chi connectivity index (χ2v) is 3.86. The Labute approximate surface area is 103 Å². The Morgan fingerprint density at radius 3 is 2.50 bits per heavy atom. The van der Waals surface area contributed by atoms with E-state index in [-0.39, 0.29) is 17.9 Å². The van der Waals surface area contributed by atoms with E-state index in [1.54, 1.807) is 6.92 Å². The molecule has 0 saturated heterocycles. The Balaban J connectivity index is 2.96. The zero-order valence-corrected chi connectivity index (χ0v) is 10.1. The number of nitrogens with two attached hydrogens (primary N) is 1. The molecule has 0 aliphatic heterocycles. The number of nitrogens with zero attached hydrogens (tertiary/aromatic N) is 2. The Morgan fingerprint density at radius 1 is 1.44 bits per heavy atom. The molecule has 0 atom stereocenters. The summed E-state index contributed by atoms with van der Waals surface area (Å²) in [7, 11) is 0. The van der Waals surface area contributed by atoms with Crippen molar-refractivity contribution in [3.05, 3.63) is 23.4 Å². The van der Waals surface area contributed by atoms with Crippen molar-refractivity contribution < 1.29 is 18.0 Å². The van der Waals surface area contributed by atoms with Crippen molar-refractivity contribution in [3.63, 3.8) is 0 Å². The van der Waals surface area contributed by atoms with Crippen molar-refractivity contribution in [1.29, 1.82) is 0 Å². The summed E-state index contributed by atoms with van der Waals surface area (Å²) >= 11 is 0. The molecule has 0 unspecified atom stereocenters. The van der Waals surface area contributed by atoms with Crippen molar-refractivity contribution in [2.24, 2.45) is 0 Å². The third-order valence-corrected chi connectivity index (χ3v) is 2.26. The molecule has 0 saturated carbocycles. The summed E-state index contributed by atoms with van der Waals surface area (Å²) in [5.74, 6) is -0.589. The summed E-state index contributed by atoms with van der Waals surface area (Å²) in [6, 6.07) is 2.69. The maximum atomic E-state index is 12.3. The number of pyridine rings is 1. The van der Waals surface area contributed by atoms with Gasteiger partial charge in [-0.3, -0.25) is 4.79 Å². The molecular weight excluding hydrogens is 247 g/mol. The molecule has 0 fully saturated rings. The quantitative estimate of drug-likeness (QED) is 0.905. The van der Waals surface area contributed by atoms with E-state index < -0.39 is 18.6 Å². The molecule has 1 amide bonds. The number of aromatic nitrogens is 1. The minimum atomic E-state index is -4.42. The van der Waals surface area contributed by atoms with Crippen LogP contribution >= 0.6 is 0 Å². The van der Waals surface area contributed by atoms with Gasteiger partial charge in [-0.25, -0.2) is 4.98 Å². The van der Waals surface area contributed by atoms with Crippen molar-refractivity contribution in [2.75, 3.05) is 18.8 Å². The Morgan fingerprint density at radius 2 is 2.06 bits per heavy atom. The largest absolute Gasteiger partial charge is 0.406 e. The zero-order valence-electron chi connectivity index (χ0n) is 10.1. The molecule has 0 spiro atoms. The predicted octanol–water partition coefficient (Wildman–Crippen LogP) is 2.00. The van der Waals surface area contributed by atoms with Crippen molar-refractivity contribution in [3.8, 4) is 0 Å². The van der Waals surface area contributed by atoms with Gasteiger partial charge in [0, 0.05) is 17.8 Å². The first-order valence-electron chi connectivity index (χ1n) is 5.33. The lowest BCUT2D eigenvalue weighted by molar-refractivity contribution is -0.140. The number of carbonyl (C=O) groups excluding carboxylic acids is 1. The van der Waals surface area contributed by atoms with E-state index in [9.17, 15) is 18.0 Å². The van der Waals surface area contributed by atoms with Crippen LogP contribution in [0.2, 0.25) is 0 Å². The molecule has 4 nitrogen and oxygen atoms in total. The predicted molar refractivity (Wildman–Crippen MR) is 61.0 cm³/mol. The van der Waals surface area contributed by atoms with Crippen LogP contribution in [0.5, 0.6) is 0 Å². The SMILES string of the molecule is CCN(CC(F)(F)F)C(=O)c1cc(C)nc(N)c1. The first-order chi connectivity index (χ1) is 8.23. The number of hydrogen-bond acceptors (Lipinski definition) is 3. The maximum Gasteiger partial charge on any atom is 0.406 e.